The van der Waals surface area contributed by atoms with Gasteiger partial charge in [-0.25, -0.2) is 0 Å². The quantitative estimate of drug-likeness (QED) is 0.431. The van der Waals surface area contributed by atoms with Crippen LogP contribution in [0.3, 0.4) is 0 Å². The molecule has 0 amide bonds. The molecule has 0 aliphatic rings. The van der Waals surface area contributed by atoms with E-state index in [2.05, 4.69) is 17.3 Å². The molecule has 0 aliphatic heterocycles. The fourth-order valence-electron chi connectivity index (χ4n) is 0. The van der Waals surface area contributed by atoms with E-state index in [1.807, 2.05) is 0 Å². The van der Waals surface area contributed by atoms with Gasteiger partial charge in [-0.15, -0.1) is 0 Å². The van der Waals surface area contributed by atoms with E-state index in [-0.39, 0.29) is 0 Å². The second-order valence-corrected chi connectivity index (χ2v) is 31.2. The van der Waals surface area contributed by atoms with Crippen LogP contribution in [0, 0.1) is 0 Å². The second kappa shape index (κ2) is 1.47. The molecule has 0 saturated carbocycles. The molecular formula is C3H12GeSi. The summed E-state index contributed by atoms with van der Waals surface area (Å²) in [4.78, 5) is 0. The Morgan fingerprint density at radius 3 is 1.20 bits per heavy atom. The molecule has 0 unspecified atom stereocenters. The SMILES string of the molecule is [CH3][Ge]([CH3])([CH3])[SiH3]. The molecule has 0 N–H and O–H groups in total. The molecule has 32 valence electrons. The van der Waals surface area contributed by atoms with Gasteiger partial charge in [-0.3, -0.25) is 0 Å². The van der Waals surface area contributed by atoms with Crippen molar-refractivity contribution in [3.8, 4) is 0 Å². The molecular weight excluding hydrogens is 137 g/mol. The molecule has 0 saturated heterocycles. The van der Waals surface area contributed by atoms with E-state index < -0.39 is 12.6 Å². The average Bonchev–Trinajstić information content (AvgIpc) is 0.722. The summed E-state index contributed by atoms with van der Waals surface area (Å²) in [5, 5.41) is 0. The summed E-state index contributed by atoms with van der Waals surface area (Å²) in [6.45, 7) is 0. The van der Waals surface area contributed by atoms with E-state index in [4.69, 9.17) is 0 Å². The van der Waals surface area contributed by atoms with Crippen molar-refractivity contribution in [2.75, 3.05) is 0 Å². The predicted octanol–water partition coefficient (Wildman–Crippen LogP) is 0.187. The fraction of sp³-hybridized carbons (Fsp3) is 1.00. The van der Waals surface area contributed by atoms with Gasteiger partial charge in [-0.05, 0) is 0 Å². The van der Waals surface area contributed by atoms with Gasteiger partial charge < -0.3 is 0 Å². The van der Waals surface area contributed by atoms with E-state index in [0.29, 0.717) is 0 Å². The molecule has 5 heavy (non-hydrogen) atoms. The van der Waals surface area contributed by atoms with Gasteiger partial charge in [-0.2, -0.15) is 0 Å². The number of rotatable bonds is 0. The molecule has 0 nitrogen and oxygen atoms in total. The topological polar surface area (TPSA) is 0 Å². The first-order chi connectivity index (χ1) is 2.00. The minimum absolute atomic E-state index is 0.861. The van der Waals surface area contributed by atoms with Gasteiger partial charge in [0, 0.05) is 0 Å². The second-order valence-electron chi connectivity index (χ2n) is 3.00. The van der Waals surface area contributed by atoms with Crippen molar-refractivity contribution in [2.24, 2.45) is 0 Å². The predicted molar refractivity (Wildman–Crippen MR) is 33.3 cm³/mol. The van der Waals surface area contributed by atoms with Gasteiger partial charge in [0.2, 0.25) is 0 Å². The zero-order valence-corrected chi connectivity index (χ0v) is 8.60. The van der Waals surface area contributed by atoms with Crippen molar-refractivity contribution in [3.05, 3.63) is 0 Å². The molecule has 0 fully saturated rings. The Hall–Kier alpha value is 0.760. The van der Waals surface area contributed by atoms with Crippen LogP contribution in [0.25, 0.3) is 0 Å². The normalized spacial score (nSPS) is 12.6. The monoisotopic (exact) mass is 150 g/mol. The number of hydrogen-bond donors (Lipinski definition) is 0. The van der Waals surface area contributed by atoms with Crippen LogP contribution in [0.5, 0.6) is 0 Å². The van der Waals surface area contributed by atoms with Crippen LogP contribution in [0.2, 0.25) is 17.3 Å². The number of hydrogen-bond acceptors (Lipinski definition) is 0. The Morgan fingerprint density at radius 1 is 1.20 bits per heavy atom. The van der Waals surface area contributed by atoms with Gasteiger partial charge in [0.25, 0.3) is 0 Å². The Morgan fingerprint density at radius 2 is 1.20 bits per heavy atom. The molecule has 0 aromatic carbocycles. The van der Waals surface area contributed by atoms with Crippen LogP contribution in [0.15, 0.2) is 0 Å². The van der Waals surface area contributed by atoms with E-state index in [0.717, 1.165) is 0 Å². The van der Waals surface area contributed by atoms with E-state index in [9.17, 15) is 0 Å². The molecule has 0 aromatic heterocycles. The molecule has 0 spiro atoms. The first kappa shape index (κ1) is 5.76. The Bertz CT molecular complexity index is 22.4. The minimum atomic E-state index is -0.861. The van der Waals surface area contributed by atoms with Crippen molar-refractivity contribution in [3.63, 3.8) is 0 Å². The molecule has 0 bridgehead atoms. The molecule has 0 aromatic rings. The van der Waals surface area contributed by atoms with E-state index >= 15 is 0 Å². The maximum atomic E-state index is 2.44. The van der Waals surface area contributed by atoms with Gasteiger partial charge in [0.1, 0.15) is 0 Å². The van der Waals surface area contributed by atoms with Crippen LogP contribution < -0.4 is 0 Å². The molecule has 0 rings (SSSR count). The average molecular weight is 149 g/mol. The van der Waals surface area contributed by atoms with E-state index in [1.165, 1.54) is 8.77 Å². The molecule has 0 radical (unpaired) electrons. The van der Waals surface area contributed by atoms with Crippen molar-refractivity contribution >= 4 is 21.4 Å². The van der Waals surface area contributed by atoms with Crippen LogP contribution in [0.1, 0.15) is 0 Å². The van der Waals surface area contributed by atoms with Crippen molar-refractivity contribution in [1.29, 1.82) is 0 Å². The molecule has 2 heteroatoms. The summed E-state index contributed by atoms with van der Waals surface area (Å²) in [6.07, 6.45) is 0. The standard InChI is InChI=1S/C3H12GeSi/c1-4(2,3)5/h1-3,5H3. The van der Waals surface area contributed by atoms with Crippen LogP contribution >= 0.6 is 0 Å². The van der Waals surface area contributed by atoms with E-state index in [1.54, 1.807) is 0 Å². The van der Waals surface area contributed by atoms with Crippen molar-refractivity contribution in [2.45, 2.75) is 17.3 Å². The zero-order valence-electron chi connectivity index (χ0n) is 4.50. The summed E-state index contributed by atoms with van der Waals surface area (Å²) in [7, 11) is 1.50. The van der Waals surface area contributed by atoms with Crippen molar-refractivity contribution < 1.29 is 0 Å². The van der Waals surface area contributed by atoms with Gasteiger partial charge in [0.15, 0.2) is 0 Å². The van der Waals surface area contributed by atoms with Gasteiger partial charge >= 0.3 is 38.6 Å². The van der Waals surface area contributed by atoms with Gasteiger partial charge in [0.05, 0.1) is 0 Å². The zero-order chi connectivity index (χ0) is 4.50. The summed E-state index contributed by atoms with van der Waals surface area (Å²) in [5.74, 6) is 7.31. The third-order valence-electron chi connectivity index (χ3n) is 0. The van der Waals surface area contributed by atoms with Crippen LogP contribution in [0.4, 0.5) is 0 Å². The Balaban J connectivity index is 3.02. The Kier molecular flexibility index (Phi) is 1.70. The summed E-state index contributed by atoms with van der Waals surface area (Å²) in [6, 6.07) is 0. The summed E-state index contributed by atoms with van der Waals surface area (Å²) < 4.78 is 0. The maximum absolute atomic E-state index is 2.44. The summed E-state index contributed by atoms with van der Waals surface area (Å²) >= 11 is -0.861. The summed E-state index contributed by atoms with van der Waals surface area (Å²) in [5.41, 5.74) is 0. The third kappa shape index (κ3) is 62.8. The first-order valence-electron chi connectivity index (χ1n) is 2.00. The van der Waals surface area contributed by atoms with Gasteiger partial charge in [-0.1, -0.05) is 0 Å². The molecule has 0 heterocycles. The fourth-order valence-corrected chi connectivity index (χ4v) is 0. The van der Waals surface area contributed by atoms with Crippen LogP contribution in [-0.4, -0.2) is 21.4 Å². The van der Waals surface area contributed by atoms with Crippen molar-refractivity contribution in [1.82, 2.24) is 0 Å². The third-order valence-corrected chi connectivity index (χ3v) is 0. The Labute approximate surface area is 39.2 Å². The molecule has 0 atom stereocenters. The van der Waals surface area contributed by atoms with Crippen LogP contribution in [-0.2, 0) is 0 Å². The first-order valence-corrected chi connectivity index (χ1v) is 15.6. The molecule has 0 aliphatic carbocycles.